The number of piperidine rings is 1. The molecule has 142 valence electrons. The first-order chi connectivity index (χ1) is 11.4. The molecule has 24 heavy (non-hydrogen) atoms. The summed E-state index contributed by atoms with van der Waals surface area (Å²) in [5, 5.41) is 7.02. The summed E-state index contributed by atoms with van der Waals surface area (Å²) in [5.41, 5.74) is 0.400. The van der Waals surface area contributed by atoms with E-state index in [0.717, 1.165) is 45.0 Å². The third kappa shape index (κ3) is 10.1. The predicted octanol–water partition coefficient (Wildman–Crippen LogP) is 2.87. The Hall–Kier alpha value is -0.810. The maximum absolute atomic E-state index is 5.14. The van der Waals surface area contributed by atoms with Crippen molar-refractivity contribution in [1.82, 2.24) is 15.5 Å². The minimum absolute atomic E-state index is 0.400. The van der Waals surface area contributed by atoms with Crippen LogP contribution in [0.25, 0.3) is 0 Å². The molecule has 0 spiro atoms. The summed E-state index contributed by atoms with van der Waals surface area (Å²) in [6.45, 7) is 15.2. The van der Waals surface area contributed by atoms with Crippen LogP contribution < -0.4 is 10.6 Å². The van der Waals surface area contributed by atoms with E-state index in [9.17, 15) is 0 Å². The number of nitrogens with zero attached hydrogens (tertiary/aromatic N) is 2. The zero-order chi connectivity index (χ0) is 17.8. The van der Waals surface area contributed by atoms with Gasteiger partial charge in [-0.25, -0.2) is 0 Å². The molecule has 1 fully saturated rings. The van der Waals surface area contributed by atoms with Gasteiger partial charge in [0.1, 0.15) is 0 Å². The lowest BCUT2D eigenvalue weighted by Crippen LogP contribution is -2.48. The number of hydrogen-bond acceptors (Lipinski definition) is 3. The standard InChI is InChI=1S/C19H40N4O/c1-6-20-18(21-12-7-11-19(2,3)4)22-17-9-14-23(15-10-17)13-8-16-24-5/h17H,6-16H2,1-5H3,(H2,20,21,22). The minimum atomic E-state index is 0.400. The van der Waals surface area contributed by atoms with Crippen molar-refractivity contribution in [3.63, 3.8) is 0 Å². The van der Waals surface area contributed by atoms with Crippen LogP contribution in [0.2, 0.25) is 0 Å². The van der Waals surface area contributed by atoms with Gasteiger partial charge in [-0.05, 0) is 44.4 Å². The van der Waals surface area contributed by atoms with Gasteiger partial charge in [0.15, 0.2) is 5.96 Å². The van der Waals surface area contributed by atoms with Crippen LogP contribution in [-0.4, -0.2) is 63.3 Å². The summed E-state index contributed by atoms with van der Waals surface area (Å²) in [6.07, 6.45) is 5.89. The second-order valence-corrected chi connectivity index (χ2v) is 8.03. The summed E-state index contributed by atoms with van der Waals surface area (Å²) in [7, 11) is 1.78. The van der Waals surface area contributed by atoms with Gasteiger partial charge in [0.05, 0.1) is 0 Å². The van der Waals surface area contributed by atoms with Gasteiger partial charge in [-0.2, -0.15) is 0 Å². The van der Waals surface area contributed by atoms with Crippen LogP contribution in [0, 0.1) is 5.41 Å². The molecule has 0 unspecified atom stereocenters. The Morgan fingerprint density at radius 1 is 1.21 bits per heavy atom. The van der Waals surface area contributed by atoms with E-state index in [2.05, 4.69) is 43.2 Å². The highest BCUT2D eigenvalue weighted by Crippen LogP contribution is 2.20. The number of nitrogens with one attached hydrogen (secondary N) is 2. The Balaban J connectivity index is 2.30. The summed E-state index contributed by atoms with van der Waals surface area (Å²) < 4.78 is 5.14. The number of aliphatic imine (C=N–C) groups is 1. The lowest BCUT2D eigenvalue weighted by molar-refractivity contribution is 0.155. The fraction of sp³-hybridized carbons (Fsp3) is 0.947. The average Bonchev–Trinajstić information content (AvgIpc) is 2.52. The lowest BCUT2D eigenvalue weighted by atomic mass is 9.91. The molecule has 1 rings (SSSR count). The van der Waals surface area contributed by atoms with E-state index in [1.54, 1.807) is 7.11 Å². The molecular weight excluding hydrogens is 300 g/mol. The molecule has 0 saturated carbocycles. The van der Waals surface area contributed by atoms with Gasteiger partial charge in [-0.1, -0.05) is 20.8 Å². The summed E-state index contributed by atoms with van der Waals surface area (Å²) >= 11 is 0. The maximum Gasteiger partial charge on any atom is 0.191 e. The van der Waals surface area contributed by atoms with Gasteiger partial charge in [-0.3, -0.25) is 4.99 Å². The van der Waals surface area contributed by atoms with Crippen molar-refractivity contribution in [1.29, 1.82) is 0 Å². The molecule has 5 heteroatoms. The maximum atomic E-state index is 5.14. The number of methoxy groups -OCH3 is 1. The molecule has 0 amide bonds. The molecule has 1 aliphatic heterocycles. The summed E-state index contributed by atoms with van der Waals surface area (Å²) in [4.78, 5) is 7.30. The Morgan fingerprint density at radius 3 is 2.50 bits per heavy atom. The molecule has 0 aromatic carbocycles. The number of guanidine groups is 1. The first kappa shape index (κ1) is 21.2. The Morgan fingerprint density at radius 2 is 1.92 bits per heavy atom. The minimum Gasteiger partial charge on any atom is -0.385 e. The number of likely N-dealkylation sites (tertiary alicyclic amines) is 1. The number of rotatable bonds is 9. The molecule has 1 aliphatic rings. The predicted molar refractivity (Wildman–Crippen MR) is 104 cm³/mol. The van der Waals surface area contributed by atoms with E-state index in [4.69, 9.17) is 9.73 Å². The van der Waals surface area contributed by atoms with Crippen molar-refractivity contribution in [2.24, 2.45) is 10.4 Å². The second-order valence-electron chi connectivity index (χ2n) is 8.03. The Bertz CT molecular complexity index is 344. The van der Waals surface area contributed by atoms with Crippen molar-refractivity contribution in [2.75, 3.05) is 46.4 Å². The third-order valence-corrected chi connectivity index (χ3v) is 4.45. The van der Waals surface area contributed by atoms with E-state index in [0.29, 0.717) is 11.5 Å². The fourth-order valence-electron chi connectivity index (χ4n) is 3.05. The highest BCUT2D eigenvalue weighted by atomic mass is 16.5. The van der Waals surface area contributed by atoms with E-state index in [1.165, 1.54) is 32.4 Å². The topological polar surface area (TPSA) is 48.9 Å². The van der Waals surface area contributed by atoms with E-state index in [-0.39, 0.29) is 0 Å². The Kier molecular flexibility index (Phi) is 10.3. The van der Waals surface area contributed by atoms with Crippen molar-refractivity contribution in [3.8, 4) is 0 Å². The second kappa shape index (κ2) is 11.7. The van der Waals surface area contributed by atoms with Gasteiger partial charge < -0.3 is 20.3 Å². The molecule has 1 saturated heterocycles. The van der Waals surface area contributed by atoms with Crippen molar-refractivity contribution in [2.45, 2.75) is 65.8 Å². The van der Waals surface area contributed by atoms with Crippen LogP contribution in [0.3, 0.4) is 0 Å². The average molecular weight is 341 g/mol. The molecule has 1 heterocycles. The smallest absolute Gasteiger partial charge is 0.191 e. The van der Waals surface area contributed by atoms with Crippen LogP contribution >= 0.6 is 0 Å². The normalized spacial score (nSPS) is 18.0. The molecule has 0 atom stereocenters. The molecule has 0 aromatic heterocycles. The molecule has 2 N–H and O–H groups in total. The largest absolute Gasteiger partial charge is 0.385 e. The zero-order valence-electron chi connectivity index (χ0n) is 16.7. The van der Waals surface area contributed by atoms with Crippen LogP contribution in [-0.2, 0) is 4.74 Å². The molecular formula is C19H40N4O. The van der Waals surface area contributed by atoms with Gasteiger partial charge >= 0.3 is 0 Å². The van der Waals surface area contributed by atoms with Gasteiger partial charge in [-0.15, -0.1) is 0 Å². The van der Waals surface area contributed by atoms with E-state index < -0.39 is 0 Å². The summed E-state index contributed by atoms with van der Waals surface area (Å²) in [5.74, 6) is 0.990. The first-order valence-electron chi connectivity index (χ1n) is 9.70. The van der Waals surface area contributed by atoms with Crippen LogP contribution in [0.15, 0.2) is 4.99 Å². The van der Waals surface area contributed by atoms with Gasteiger partial charge in [0, 0.05) is 52.5 Å². The lowest BCUT2D eigenvalue weighted by Gasteiger charge is -2.33. The third-order valence-electron chi connectivity index (χ3n) is 4.45. The van der Waals surface area contributed by atoms with Gasteiger partial charge in [0.2, 0.25) is 0 Å². The summed E-state index contributed by atoms with van der Waals surface area (Å²) in [6, 6.07) is 0.545. The van der Waals surface area contributed by atoms with Crippen molar-refractivity contribution >= 4 is 5.96 Å². The van der Waals surface area contributed by atoms with Crippen molar-refractivity contribution < 1.29 is 4.74 Å². The number of ether oxygens (including phenoxy) is 1. The zero-order valence-corrected chi connectivity index (χ0v) is 16.7. The monoisotopic (exact) mass is 340 g/mol. The SMILES string of the molecule is CCNC(=NCCCC(C)(C)C)NC1CCN(CCCOC)CC1. The highest BCUT2D eigenvalue weighted by molar-refractivity contribution is 5.80. The van der Waals surface area contributed by atoms with Gasteiger partial charge in [0.25, 0.3) is 0 Å². The van der Waals surface area contributed by atoms with Crippen LogP contribution in [0.5, 0.6) is 0 Å². The van der Waals surface area contributed by atoms with Crippen LogP contribution in [0.1, 0.15) is 59.8 Å². The highest BCUT2D eigenvalue weighted by Gasteiger charge is 2.19. The quantitative estimate of drug-likeness (QED) is 0.385. The van der Waals surface area contributed by atoms with E-state index in [1.807, 2.05) is 0 Å². The molecule has 5 nitrogen and oxygen atoms in total. The molecule has 0 aromatic rings. The fourth-order valence-corrected chi connectivity index (χ4v) is 3.05. The van der Waals surface area contributed by atoms with E-state index >= 15 is 0 Å². The van der Waals surface area contributed by atoms with Crippen molar-refractivity contribution in [3.05, 3.63) is 0 Å². The first-order valence-corrected chi connectivity index (χ1v) is 9.70. The molecule has 0 radical (unpaired) electrons. The van der Waals surface area contributed by atoms with Crippen LogP contribution in [0.4, 0.5) is 0 Å². The number of hydrogen-bond donors (Lipinski definition) is 2. The Labute approximate surface area is 149 Å². The molecule has 0 bridgehead atoms. The molecule has 0 aliphatic carbocycles.